The third-order valence-electron chi connectivity index (χ3n) is 5.26. The molecule has 1 amide bonds. The summed E-state index contributed by atoms with van der Waals surface area (Å²) < 4.78 is 3.79. The van der Waals surface area contributed by atoms with Gasteiger partial charge in [0.15, 0.2) is 5.69 Å². The van der Waals surface area contributed by atoms with Gasteiger partial charge in [0.05, 0.1) is 12.3 Å². The van der Waals surface area contributed by atoms with Crippen LogP contribution in [0.5, 0.6) is 11.6 Å². The van der Waals surface area contributed by atoms with Crippen LogP contribution in [-0.4, -0.2) is 70.4 Å². The number of pyridine rings is 1. The summed E-state index contributed by atoms with van der Waals surface area (Å²) in [5.41, 5.74) is 1.11. The number of amides is 1. The number of rotatable bonds is 7. The number of anilines is 3. The molecule has 0 bridgehead atoms. The number of fused-ring (bicyclic) bond motifs is 1. The van der Waals surface area contributed by atoms with Crippen molar-refractivity contribution in [1.29, 1.82) is 5.41 Å². The van der Waals surface area contributed by atoms with Crippen molar-refractivity contribution in [3.63, 3.8) is 0 Å². The lowest BCUT2D eigenvalue weighted by molar-refractivity contribution is 0.0840. The third-order valence-corrected chi connectivity index (χ3v) is 6.02. The minimum absolute atomic E-state index is 0.0685. The van der Waals surface area contributed by atoms with Crippen LogP contribution in [0, 0.1) is 5.41 Å². The monoisotopic (exact) mass is 498 g/mol. The summed E-state index contributed by atoms with van der Waals surface area (Å²) in [6.07, 6.45) is 2.03. The van der Waals surface area contributed by atoms with Crippen LogP contribution in [0.25, 0.3) is 6.08 Å². The van der Waals surface area contributed by atoms with Crippen LogP contribution in [0.1, 0.15) is 34.2 Å². The van der Waals surface area contributed by atoms with E-state index >= 15 is 0 Å². The Hall–Kier alpha value is -4.14. The number of carbonyl (C=O) groups excluding carboxylic acids is 1. The molecule has 1 aliphatic rings. The first-order valence-electron chi connectivity index (χ1n) is 10.3. The second-order valence-electron chi connectivity index (χ2n) is 7.61. The van der Waals surface area contributed by atoms with Crippen LogP contribution >= 0.6 is 11.5 Å². The average Bonchev–Trinajstić information content (AvgIpc) is 3.37. The number of nitrogens with zero attached hydrogens (tertiary/aromatic N) is 5. The lowest BCUT2D eigenvalue weighted by Crippen LogP contribution is -2.37. The molecule has 3 aromatic heterocycles. The Kier molecular flexibility index (Phi) is 6.59. The van der Waals surface area contributed by atoms with Crippen molar-refractivity contribution in [2.45, 2.75) is 25.6 Å². The van der Waals surface area contributed by atoms with Gasteiger partial charge >= 0.3 is 0 Å². The van der Waals surface area contributed by atoms with E-state index in [1.807, 2.05) is 6.92 Å². The van der Waals surface area contributed by atoms with Crippen molar-refractivity contribution < 1.29 is 25.2 Å². The molecule has 0 spiro atoms. The first kappa shape index (κ1) is 24.0. The van der Waals surface area contributed by atoms with Crippen LogP contribution in [0.15, 0.2) is 25.0 Å². The Balaban J connectivity index is 1.64. The van der Waals surface area contributed by atoms with E-state index < -0.39 is 30.5 Å². The molecule has 0 aromatic carbocycles. The lowest BCUT2D eigenvalue weighted by atomic mass is 10.1. The molecule has 35 heavy (non-hydrogen) atoms. The fraction of sp³-hybridized carbons (Fsp3) is 0.238. The van der Waals surface area contributed by atoms with E-state index in [1.165, 1.54) is 23.4 Å². The summed E-state index contributed by atoms with van der Waals surface area (Å²) in [6, 6.07) is 2.44. The normalized spacial score (nSPS) is 15.4. The predicted octanol–water partition coefficient (Wildman–Crippen LogP) is 0.943. The third kappa shape index (κ3) is 4.49. The molecule has 13 nitrogen and oxygen atoms in total. The van der Waals surface area contributed by atoms with Crippen molar-refractivity contribution in [2.24, 2.45) is 0 Å². The van der Waals surface area contributed by atoms with Gasteiger partial charge in [-0.1, -0.05) is 6.58 Å². The van der Waals surface area contributed by atoms with E-state index in [-0.39, 0.29) is 33.9 Å². The Bertz CT molecular complexity index is 1310. The van der Waals surface area contributed by atoms with Crippen molar-refractivity contribution in [3.05, 3.63) is 47.6 Å². The Labute approximate surface area is 203 Å². The smallest absolute Gasteiger partial charge is 0.282 e. The van der Waals surface area contributed by atoms with Crippen LogP contribution in [0.2, 0.25) is 0 Å². The fourth-order valence-corrected chi connectivity index (χ4v) is 4.38. The number of hydrogen-bond acceptors (Lipinski definition) is 12. The first-order chi connectivity index (χ1) is 16.7. The van der Waals surface area contributed by atoms with E-state index in [1.54, 1.807) is 6.08 Å². The molecule has 2 unspecified atom stereocenters. The van der Waals surface area contributed by atoms with E-state index in [0.29, 0.717) is 17.9 Å². The van der Waals surface area contributed by atoms with E-state index in [2.05, 4.69) is 36.5 Å². The molecule has 4 heterocycles. The second-order valence-corrected chi connectivity index (χ2v) is 8.38. The van der Waals surface area contributed by atoms with Gasteiger partial charge in [0.1, 0.15) is 46.3 Å². The topological polar surface area (TPSA) is 201 Å². The van der Waals surface area contributed by atoms with Crippen molar-refractivity contribution in [2.75, 3.05) is 16.8 Å². The van der Waals surface area contributed by atoms with Gasteiger partial charge in [0.2, 0.25) is 5.88 Å². The maximum absolute atomic E-state index is 13.4. The molecule has 0 aliphatic carbocycles. The number of amidine groups is 1. The molecule has 0 saturated heterocycles. The SMILES string of the molecule is C=Cc1ncnc2c1CC(C)N2C(=O)c1nc(Nc2snc(O)c2C(=N)NC(O)CO)ccc1O. The van der Waals surface area contributed by atoms with E-state index in [4.69, 9.17) is 10.5 Å². The molecule has 182 valence electrons. The average molecular weight is 499 g/mol. The highest BCUT2D eigenvalue weighted by Gasteiger charge is 2.36. The zero-order valence-electron chi connectivity index (χ0n) is 18.4. The van der Waals surface area contributed by atoms with E-state index in [9.17, 15) is 20.1 Å². The number of aromatic nitrogens is 4. The summed E-state index contributed by atoms with van der Waals surface area (Å²) >= 11 is 0.813. The van der Waals surface area contributed by atoms with Gasteiger partial charge in [-0.2, -0.15) is 4.37 Å². The molecular weight excluding hydrogens is 476 g/mol. The molecule has 14 heteroatoms. The molecule has 1 aliphatic heterocycles. The number of aliphatic hydroxyl groups is 2. The van der Waals surface area contributed by atoms with Crippen LogP contribution < -0.4 is 15.5 Å². The van der Waals surface area contributed by atoms with Gasteiger partial charge in [0.25, 0.3) is 5.91 Å². The highest BCUT2D eigenvalue weighted by Crippen LogP contribution is 2.35. The minimum atomic E-state index is -1.42. The Morgan fingerprint density at radius 2 is 2.17 bits per heavy atom. The standard InChI is InChI=1S/C21H22N8O5S/c1-3-11-10-6-9(2)29(18(10)24-8-23-11)21(34)16-12(31)4-5-13(25-16)26-20-15(19(33)28-35-20)17(22)27-14(32)7-30/h3-5,8-9,14,30-32H,1,6-7H2,2H3,(H2,22,27)(H,25,26)(H,28,33). The molecule has 0 radical (unpaired) electrons. The summed E-state index contributed by atoms with van der Waals surface area (Å²) in [4.78, 5) is 27.5. The Morgan fingerprint density at radius 1 is 1.40 bits per heavy atom. The quantitative estimate of drug-likeness (QED) is 0.139. The van der Waals surface area contributed by atoms with Gasteiger partial charge in [-0.05, 0) is 43.1 Å². The number of aliphatic hydroxyl groups excluding tert-OH is 2. The van der Waals surface area contributed by atoms with Crippen molar-refractivity contribution in [3.8, 4) is 11.6 Å². The summed E-state index contributed by atoms with van der Waals surface area (Å²) in [7, 11) is 0. The summed E-state index contributed by atoms with van der Waals surface area (Å²) in [6.45, 7) is 4.94. The molecule has 0 saturated carbocycles. The molecule has 7 N–H and O–H groups in total. The van der Waals surface area contributed by atoms with Crippen LogP contribution in [-0.2, 0) is 6.42 Å². The molecular formula is C21H22N8O5S. The maximum Gasteiger partial charge on any atom is 0.282 e. The Morgan fingerprint density at radius 3 is 2.89 bits per heavy atom. The molecule has 3 aromatic rings. The highest BCUT2D eigenvalue weighted by molar-refractivity contribution is 7.11. The summed E-state index contributed by atoms with van der Waals surface area (Å²) in [5.74, 6) is -1.23. The molecule has 4 rings (SSSR count). The van der Waals surface area contributed by atoms with Gasteiger partial charge in [-0.15, -0.1) is 0 Å². The zero-order valence-corrected chi connectivity index (χ0v) is 19.2. The number of hydrogen-bond donors (Lipinski definition) is 7. The number of aromatic hydroxyl groups is 2. The maximum atomic E-state index is 13.4. The number of nitrogens with one attached hydrogen (secondary N) is 3. The largest absolute Gasteiger partial charge is 0.505 e. The summed E-state index contributed by atoms with van der Waals surface area (Å²) in [5, 5.41) is 52.4. The predicted molar refractivity (Wildman–Crippen MR) is 128 cm³/mol. The van der Waals surface area contributed by atoms with Gasteiger partial charge < -0.3 is 31.1 Å². The fourth-order valence-electron chi connectivity index (χ4n) is 3.67. The minimum Gasteiger partial charge on any atom is -0.505 e. The van der Waals surface area contributed by atoms with E-state index in [0.717, 1.165) is 17.1 Å². The zero-order chi connectivity index (χ0) is 25.3. The molecule has 0 fully saturated rings. The van der Waals surface area contributed by atoms with Crippen LogP contribution in [0.4, 0.5) is 16.6 Å². The first-order valence-corrected chi connectivity index (χ1v) is 11.1. The second kappa shape index (κ2) is 9.61. The highest BCUT2D eigenvalue weighted by atomic mass is 32.1. The van der Waals surface area contributed by atoms with Gasteiger partial charge in [-0.25, -0.2) is 15.0 Å². The van der Waals surface area contributed by atoms with Gasteiger partial charge in [-0.3, -0.25) is 15.1 Å². The van der Waals surface area contributed by atoms with Crippen molar-refractivity contribution >= 4 is 46.0 Å². The van der Waals surface area contributed by atoms with Crippen molar-refractivity contribution in [1.82, 2.24) is 24.6 Å². The van der Waals surface area contributed by atoms with Gasteiger partial charge in [0, 0.05) is 11.6 Å². The number of carbonyl (C=O) groups is 1. The molecule has 2 atom stereocenters. The van der Waals surface area contributed by atoms with Crippen LogP contribution in [0.3, 0.4) is 0 Å². The lowest BCUT2D eigenvalue weighted by Gasteiger charge is -2.21.